The number of aryl methyl sites for hydroxylation is 1. The summed E-state index contributed by atoms with van der Waals surface area (Å²) in [6.07, 6.45) is 4.22. The van der Waals surface area contributed by atoms with Gasteiger partial charge in [-0.15, -0.1) is 0 Å². The Hall–Kier alpha value is -1.32. The fourth-order valence-electron chi connectivity index (χ4n) is 1.55. The molecule has 0 spiro atoms. The molecule has 1 aliphatic rings. The topological polar surface area (TPSA) is 55.1 Å². The van der Waals surface area contributed by atoms with E-state index in [1.54, 1.807) is 4.68 Å². The molecule has 0 radical (unpaired) electrons. The highest BCUT2D eigenvalue weighted by Gasteiger charge is 2.29. The molecule has 70 valence electrons. The molecule has 0 saturated heterocycles. The van der Waals surface area contributed by atoms with Gasteiger partial charge < -0.3 is 5.11 Å². The predicted molar refractivity (Wildman–Crippen MR) is 46.5 cm³/mol. The van der Waals surface area contributed by atoms with Crippen molar-refractivity contribution in [1.29, 1.82) is 0 Å². The molecule has 0 amide bonds. The van der Waals surface area contributed by atoms with Crippen LogP contribution in [0.4, 0.5) is 0 Å². The van der Waals surface area contributed by atoms with Crippen LogP contribution in [0.3, 0.4) is 0 Å². The van der Waals surface area contributed by atoms with Gasteiger partial charge in [-0.3, -0.25) is 9.48 Å². The van der Waals surface area contributed by atoms with Crippen LogP contribution in [0.25, 0.3) is 0 Å². The van der Waals surface area contributed by atoms with Crippen molar-refractivity contribution in [2.24, 2.45) is 7.05 Å². The fraction of sp³-hybridized carbons (Fsp3) is 0.556. The van der Waals surface area contributed by atoms with Crippen LogP contribution in [-0.2, 0) is 18.3 Å². The molecule has 1 heterocycles. The Balaban J connectivity index is 2.25. The van der Waals surface area contributed by atoms with Gasteiger partial charge in [0.15, 0.2) is 0 Å². The van der Waals surface area contributed by atoms with E-state index in [9.17, 15) is 4.79 Å². The second-order valence-corrected chi connectivity index (χ2v) is 3.56. The average molecular weight is 180 g/mol. The highest BCUT2D eigenvalue weighted by molar-refractivity contribution is 5.70. The number of rotatable bonds is 3. The minimum Gasteiger partial charge on any atom is -0.481 e. The summed E-state index contributed by atoms with van der Waals surface area (Å²) in [6.45, 7) is 0. The summed E-state index contributed by atoms with van der Waals surface area (Å²) >= 11 is 0. The van der Waals surface area contributed by atoms with Crippen molar-refractivity contribution in [1.82, 2.24) is 9.78 Å². The largest absolute Gasteiger partial charge is 0.481 e. The molecule has 1 aromatic heterocycles. The monoisotopic (exact) mass is 180 g/mol. The Kier molecular flexibility index (Phi) is 1.83. The molecule has 0 unspecified atom stereocenters. The van der Waals surface area contributed by atoms with E-state index < -0.39 is 5.97 Å². The molecule has 1 aromatic rings. The van der Waals surface area contributed by atoms with Crippen LogP contribution in [0, 0.1) is 0 Å². The van der Waals surface area contributed by atoms with Crippen molar-refractivity contribution in [3.63, 3.8) is 0 Å². The summed E-state index contributed by atoms with van der Waals surface area (Å²) in [5.41, 5.74) is 1.86. The van der Waals surface area contributed by atoms with Crippen LogP contribution >= 0.6 is 0 Å². The molecule has 4 heteroatoms. The van der Waals surface area contributed by atoms with E-state index in [2.05, 4.69) is 5.10 Å². The zero-order valence-electron chi connectivity index (χ0n) is 7.53. The van der Waals surface area contributed by atoms with Gasteiger partial charge in [0.1, 0.15) is 0 Å². The Morgan fingerprint density at radius 3 is 3.00 bits per heavy atom. The van der Waals surface area contributed by atoms with Crippen LogP contribution in [0.5, 0.6) is 0 Å². The van der Waals surface area contributed by atoms with Gasteiger partial charge in [-0.05, 0) is 12.8 Å². The minimum absolute atomic E-state index is 0.0969. The third kappa shape index (κ3) is 1.71. The first-order chi connectivity index (χ1) is 6.16. The maximum atomic E-state index is 10.5. The first-order valence-corrected chi connectivity index (χ1v) is 4.41. The molecular formula is C9H12N2O2. The fourth-order valence-corrected chi connectivity index (χ4v) is 1.55. The first-order valence-electron chi connectivity index (χ1n) is 4.41. The molecule has 4 nitrogen and oxygen atoms in total. The van der Waals surface area contributed by atoms with E-state index in [1.165, 1.54) is 0 Å². The summed E-state index contributed by atoms with van der Waals surface area (Å²) in [7, 11) is 1.83. The molecule has 1 saturated carbocycles. The van der Waals surface area contributed by atoms with Crippen LogP contribution in [-0.4, -0.2) is 20.9 Å². The van der Waals surface area contributed by atoms with Gasteiger partial charge in [0.05, 0.1) is 12.1 Å². The second kappa shape index (κ2) is 2.87. The van der Waals surface area contributed by atoms with Crippen molar-refractivity contribution in [2.75, 3.05) is 0 Å². The molecule has 0 aliphatic heterocycles. The summed E-state index contributed by atoms with van der Waals surface area (Å²) in [6, 6.07) is 0. The van der Waals surface area contributed by atoms with Gasteiger partial charge in [0.25, 0.3) is 0 Å². The third-order valence-corrected chi connectivity index (χ3v) is 2.24. The summed E-state index contributed by atoms with van der Waals surface area (Å²) in [4.78, 5) is 10.5. The lowest BCUT2D eigenvalue weighted by Gasteiger charge is -1.94. The maximum absolute atomic E-state index is 10.5. The summed E-state index contributed by atoms with van der Waals surface area (Å²) in [5, 5.41) is 12.9. The lowest BCUT2D eigenvalue weighted by molar-refractivity contribution is -0.136. The number of carbonyl (C=O) groups is 1. The number of hydrogen-bond donors (Lipinski definition) is 1. The predicted octanol–water partition coefficient (Wildman–Crippen LogP) is 0.925. The van der Waals surface area contributed by atoms with Gasteiger partial charge in [0.2, 0.25) is 0 Å². The van der Waals surface area contributed by atoms with Crippen molar-refractivity contribution >= 4 is 5.97 Å². The Bertz CT molecular complexity index is 339. The van der Waals surface area contributed by atoms with Gasteiger partial charge in [-0.1, -0.05) is 0 Å². The van der Waals surface area contributed by atoms with E-state index in [-0.39, 0.29) is 6.42 Å². The Morgan fingerprint density at radius 2 is 2.46 bits per heavy atom. The summed E-state index contributed by atoms with van der Waals surface area (Å²) in [5.74, 6) is -0.259. The van der Waals surface area contributed by atoms with Gasteiger partial charge in [-0.25, -0.2) is 0 Å². The molecule has 1 fully saturated rings. The SMILES string of the molecule is Cn1cc(CC(=O)O)c(C2CC2)n1. The maximum Gasteiger partial charge on any atom is 0.307 e. The number of aromatic nitrogens is 2. The standard InChI is InChI=1S/C9H12N2O2/c1-11-5-7(4-8(12)13)9(10-11)6-2-3-6/h5-6H,2-4H2,1H3,(H,12,13). The Labute approximate surface area is 76.2 Å². The van der Waals surface area contributed by atoms with E-state index in [1.807, 2.05) is 13.2 Å². The van der Waals surface area contributed by atoms with Crippen molar-refractivity contribution in [3.8, 4) is 0 Å². The van der Waals surface area contributed by atoms with Crippen LogP contribution in [0.2, 0.25) is 0 Å². The lowest BCUT2D eigenvalue weighted by Crippen LogP contribution is -2.01. The quantitative estimate of drug-likeness (QED) is 0.752. The average Bonchev–Trinajstić information content (AvgIpc) is 2.77. The van der Waals surface area contributed by atoms with Crippen LogP contribution in [0.1, 0.15) is 30.0 Å². The first kappa shape index (κ1) is 8.29. The van der Waals surface area contributed by atoms with E-state index >= 15 is 0 Å². The zero-order valence-corrected chi connectivity index (χ0v) is 7.53. The van der Waals surface area contributed by atoms with Gasteiger partial charge in [-0.2, -0.15) is 5.10 Å². The number of aliphatic carboxylic acids is 1. The molecular weight excluding hydrogens is 168 g/mol. The van der Waals surface area contributed by atoms with Crippen molar-refractivity contribution in [3.05, 3.63) is 17.5 Å². The van der Waals surface area contributed by atoms with Crippen molar-refractivity contribution in [2.45, 2.75) is 25.2 Å². The van der Waals surface area contributed by atoms with E-state index in [0.29, 0.717) is 5.92 Å². The lowest BCUT2D eigenvalue weighted by atomic mass is 10.1. The normalized spacial score (nSPS) is 16.1. The number of carboxylic acid groups (broad SMARTS) is 1. The molecule has 0 aromatic carbocycles. The third-order valence-electron chi connectivity index (χ3n) is 2.24. The molecule has 1 N–H and O–H groups in total. The number of hydrogen-bond acceptors (Lipinski definition) is 2. The van der Waals surface area contributed by atoms with Crippen molar-refractivity contribution < 1.29 is 9.90 Å². The molecule has 0 atom stereocenters. The molecule has 13 heavy (non-hydrogen) atoms. The zero-order chi connectivity index (χ0) is 9.42. The molecule has 1 aliphatic carbocycles. The molecule has 0 bridgehead atoms. The smallest absolute Gasteiger partial charge is 0.307 e. The minimum atomic E-state index is -0.782. The van der Waals surface area contributed by atoms with E-state index in [0.717, 1.165) is 24.1 Å². The van der Waals surface area contributed by atoms with Crippen LogP contribution in [0.15, 0.2) is 6.20 Å². The van der Waals surface area contributed by atoms with Crippen LogP contribution < -0.4 is 0 Å². The molecule has 2 rings (SSSR count). The highest BCUT2D eigenvalue weighted by atomic mass is 16.4. The number of nitrogens with zero attached hydrogens (tertiary/aromatic N) is 2. The second-order valence-electron chi connectivity index (χ2n) is 3.56. The Morgan fingerprint density at radius 1 is 1.77 bits per heavy atom. The summed E-state index contributed by atoms with van der Waals surface area (Å²) < 4.78 is 1.70. The van der Waals surface area contributed by atoms with Gasteiger partial charge in [0, 0.05) is 24.7 Å². The van der Waals surface area contributed by atoms with Gasteiger partial charge >= 0.3 is 5.97 Å². The number of carboxylic acids is 1. The van der Waals surface area contributed by atoms with E-state index in [4.69, 9.17) is 5.11 Å². The highest BCUT2D eigenvalue weighted by Crippen LogP contribution is 2.40.